The molecule has 19 heavy (non-hydrogen) atoms. The van der Waals surface area contributed by atoms with Crippen LogP contribution in [-0.4, -0.2) is 23.7 Å². The predicted octanol–water partition coefficient (Wildman–Crippen LogP) is 0.860. The third-order valence-electron chi connectivity index (χ3n) is 2.98. The van der Waals surface area contributed by atoms with Crippen molar-refractivity contribution in [2.45, 2.75) is 26.3 Å². The largest absolute Gasteiger partial charge is 0.399 e. The monoisotopic (exact) mass is 282 g/mol. The number of nitrogen functional groups attached to an aromatic ring is 1. The molecule has 0 saturated heterocycles. The minimum atomic E-state index is -3.41. The molecule has 0 fully saturated rings. The van der Waals surface area contributed by atoms with E-state index in [2.05, 4.69) is 4.98 Å². The molecule has 1 heterocycles. The van der Waals surface area contributed by atoms with Crippen molar-refractivity contribution in [3.63, 3.8) is 0 Å². The Balaban J connectivity index is 2.30. The normalized spacial score (nSPS) is 12.1. The average molecular weight is 282 g/mol. The second kappa shape index (κ2) is 5.18. The molecule has 1 aromatic carbocycles. The van der Waals surface area contributed by atoms with E-state index in [-0.39, 0.29) is 5.75 Å². The first-order chi connectivity index (χ1) is 8.90. The smallest absolute Gasteiger partial charge is 0.209 e. The molecule has 6 nitrogen and oxygen atoms in total. The summed E-state index contributed by atoms with van der Waals surface area (Å²) in [4.78, 5) is 4.51. The number of anilines is 1. The maximum absolute atomic E-state index is 11.0. The predicted molar refractivity (Wildman–Crippen MR) is 76.1 cm³/mol. The van der Waals surface area contributed by atoms with Crippen LogP contribution in [0.25, 0.3) is 11.0 Å². The Kier molecular flexibility index (Phi) is 3.77. The summed E-state index contributed by atoms with van der Waals surface area (Å²) in [5, 5.41) is 5.01. The van der Waals surface area contributed by atoms with E-state index in [1.165, 1.54) is 0 Å². The van der Waals surface area contributed by atoms with Gasteiger partial charge >= 0.3 is 0 Å². The second-order valence-electron chi connectivity index (χ2n) is 4.50. The summed E-state index contributed by atoms with van der Waals surface area (Å²) in [7, 11) is -3.41. The molecule has 4 N–H and O–H groups in total. The van der Waals surface area contributed by atoms with Gasteiger partial charge in [0.1, 0.15) is 5.82 Å². The summed E-state index contributed by atoms with van der Waals surface area (Å²) in [5.41, 5.74) is 8.22. The number of nitrogens with zero attached hydrogens (tertiary/aromatic N) is 2. The SMILES string of the molecule is CCc1nc2cc(N)ccc2n1CCCS(N)(=O)=O. The third kappa shape index (κ3) is 3.24. The third-order valence-corrected chi connectivity index (χ3v) is 3.84. The lowest BCUT2D eigenvalue weighted by Crippen LogP contribution is -2.18. The van der Waals surface area contributed by atoms with Gasteiger partial charge in [-0.15, -0.1) is 0 Å². The number of rotatable bonds is 5. The van der Waals surface area contributed by atoms with Crippen molar-refractivity contribution in [1.82, 2.24) is 9.55 Å². The van der Waals surface area contributed by atoms with Crippen molar-refractivity contribution in [3.8, 4) is 0 Å². The Hall–Kier alpha value is -1.60. The van der Waals surface area contributed by atoms with Crippen LogP contribution in [0.4, 0.5) is 5.69 Å². The number of hydrogen-bond acceptors (Lipinski definition) is 4. The van der Waals surface area contributed by atoms with E-state index in [1.807, 2.05) is 29.7 Å². The van der Waals surface area contributed by atoms with E-state index in [0.29, 0.717) is 18.7 Å². The van der Waals surface area contributed by atoms with Gasteiger partial charge < -0.3 is 10.3 Å². The number of primary sulfonamides is 1. The topological polar surface area (TPSA) is 104 Å². The number of hydrogen-bond donors (Lipinski definition) is 2. The van der Waals surface area contributed by atoms with Crippen LogP contribution in [0.2, 0.25) is 0 Å². The highest BCUT2D eigenvalue weighted by Crippen LogP contribution is 2.20. The minimum Gasteiger partial charge on any atom is -0.399 e. The van der Waals surface area contributed by atoms with Gasteiger partial charge in [0.25, 0.3) is 0 Å². The molecule has 0 aliphatic rings. The van der Waals surface area contributed by atoms with Gasteiger partial charge in [0.2, 0.25) is 10.0 Å². The molecule has 7 heteroatoms. The number of imidazole rings is 1. The Morgan fingerprint density at radius 1 is 1.37 bits per heavy atom. The maximum atomic E-state index is 11.0. The fourth-order valence-electron chi connectivity index (χ4n) is 2.14. The molecule has 0 saturated carbocycles. The molecule has 0 amide bonds. The highest BCUT2D eigenvalue weighted by Gasteiger charge is 2.10. The molecule has 0 aliphatic carbocycles. The lowest BCUT2D eigenvalue weighted by molar-refractivity contribution is 0.586. The van der Waals surface area contributed by atoms with E-state index >= 15 is 0 Å². The number of benzene rings is 1. The van der Waals surface area contributed by atoms with E-state index in [1.54, 1.807) is 0 Å². The Bertz CT molecular complexity index is 691. The zero-order valence-electron chi connectivity index (χ0n) is 10.8. The van der Waals surface area contributed by atoms with E-state index < -0.39 is 10.0 Å². The highest BCUT2D eigenvalue weighted by molar-refractivity contribution is 7.89. The quantitative estimate of drug-likeness (QED) is 0.793. The van der Waals surface area contributed by atoms with E-state index in [9.17, 15) is 8.42 Å². The highest BCUT2D eigenvalue weighted by atomic mass is 32.2. The molecule has 2 aromatic rings. The summed E-state index contributed by atoms with van der Waals surface area (Å²) in [6.07, 6.45) is 1.26. The van der Waals surface area contributed by atoms with Gasteiger partial charge in [-0.25, -0.2) is 18.5 Å². The van der Waals surface area contributed by atoms with Crippen LogP contribution in [0, 0.1) is 0 Å². The first-order valence-corrected chi connectivity index (χ1v) is 7.87. The zero-order chi connectivity index (χ0) is 14.0. The van der Waals surface area contributed by atoms with Gasteiger partial charge in [-0.3, -0.25) is 0 Å². The van der Waals surface area contributed by atoms with Crippen LogP contribution in [-0.2, 0) is 23.0 Å². The first kappa shape index (κ1) is 13.8. The molecule has 1 aromatic heterocycles. The van der Waals surface area contributed by atoms with Crippen LogP contribution >= 0.6 is 0 Å². The molecular weight excluding hydrogens is 264 g/mol. The maximum Gasteiger partial charge on any atom is 0.209 e. The lowest BCUT2D eigenvalue weighted by atomic mass is 10.3. The lowest BCUT2D eigenvalue weighted by Gasteiger charge is -2.07. The van der Waals surface area contributed by atoms with Gasteiger partial charge in [-0.2, -0.15) is 0 Å². The molecule has 0 atom stereocenters. The van der Waals surface area contributed by atoms with Crippen LogP contribution in [0.5, 0.6) is 0 Å². The molecule has 104 valence electrons. The Morgan fingerprint density at radius 2 is 2.11 bits per heavy atom. The van der Waals surface area contributed by atoms with E-state index in [0.717, 1.165) is 23.3 Å². The second-order valence-corrected chi connectivity index (χ2v) is 6.24. The Labute approximate surface area is 112 Å². The van der Waals surface area contributed by atoms with Crippen molar-refractivity contribution in [1.29, 1.82) is 0 Å². The summed E-state index contributed by atoms with van der Waals surface area (Å²) >= 11 is 0. The van der Waals surface area contributed by atoms with Gasteiger partial charge in [-0.1, -0.05) is 6.92 Å². The number of sulfonamides is 1. The van der Waals surface area contributed by atoms with Gasteiger partial charge in [0.05, 0.1) is 16.8 Å². The van der Waals surface area contributed by atoms with Gasteiger partial charge in [0.15, 0.2) is 0 Å². The molecule has 0 spiro atoms. The minimum absolute atomic E-state index is 0.0230. The standard InChI is InChI=1S/C12H18N4O2S/c1-2-12-15-10-8-9(13)4-5-11(10)16(12)6-3-7-19(14,17)18/h4-5,8H,2-3,6-7,13H2,1H3,(H2,14,17,18). The summed E-state index contributed by atoms with van der Waals surface area (Å²) in [6, 6.07) is 5.55. The zero-order valence-corrected chi connectivity index (χ0v) is 11.7. The summed E-state index contributed by atoms with van der Waals surface area (Å²) in [6.45, 7) is 2.60. The van der Waals surface area contributed by atoms with Crippen LogP contribution in [0.3, 0.4) is 0 Å². The van der Waals surface area contributed by atoms with E-state index in [4.69, 9.17) is 10.9 Å². The average Bonchev–Trinajstić information content (AvgIpc) is 2.65. The Morgan fingerprint density at radius 3 is 2.74 bits per heavy atom. The number of aryl methyl sites for hydroxylation is 2. The number of aromatic nitrogens is 2. The number of nitrogens with two attached hydrogens (primary N) is 2. The van der Waals surface area contributed by atoms with Crippen LogP contribution < -0.4 is 10.9 Å². The van der Waals surface area contributed by atoms with Gasteiger partial charge in [-0.05, 0) is 24.6 Å². The molecule has 0 radical (unpaired) electrons. The fourth-order valence-corrected chi connectivity index (χ4v) is 2.67. The van der Waals surface area contributed by atoms with Crippen LogP contribution in [0.1, 0.15) is 19.2 Å². The van der Waals surface area contributed by atoms with Crippen molar-refractivity contribution >= 4 is 26.7 Å². The van der Waals surface area contributed by atoms with Gasteiger partial charge in [0, 0.05) is 18.7 Å². The molecular formula is C12H18N4O2S. The molecule has 0 unspecified atom stereocenters. The molecule has 2 rings (SSSR count). The van der Waals surface area contributed by atoms with Crippen molar-refractivity contribution in [3.05, 3.63) is 24.0 Å². The first-order valence-electron chi connectivity index (χ1n) is 6.16. The summed E-state index contributed by atoms with van der Waals surface area (Å²) < 4.78 is 23.9. The van der Waals surface area contributed by atoms with Crippen molar-refractivity contribution in [2.75, 3.05) is 11.5 Å². The fraction of sp³-hybridized carbons (Fsp3) is 0.417. The number of fused-ring (bicyclic) bond motifs is 1. The van der Waals surface area contributed by atoms with Crippen molar-refractivity contribution < 1.29 is 8.42 Å². The summed E-state index contributed by atoms with van der Waals surface area (Å²) in [5.74, 6) is 0.903. The molecule has 0 aliphatic heterocycles. The van der Waals surface area contributed by atoms with Crippen molar-refractivity contribution in [2.24, 2.45) is 5.14 Å². The van der Waals surface area contributed by atoms with Crippen LogP contribution in [0.15, 0.2) is 18.2 Å². The molecule has 0 bridgehead atoms.